The van der Waals surface area contributed by atoms with Crippen LogP contribution in [0.1, 0.15) is 30.4 Å². The Morgan fingerprint density at radius 1 is 1.00 bits per heavy atom. The van der Waals surface area contributed by atoms with Crippen molar-refractivity contribution in [2.75, 3.05) is 33.1 Å². The number of hydrogen-bond acceptors (Lipinski definition) is 7. The quantitative estimate of drug-likeness (QED) is 0.310. The Kier molecular flexibility index (Phi) is 8.86. The number of hydrogen-bond donors (Lipinski definition) is 0. The van der Waals surface area contributed by atoms with Gasteiger partial charge in [0, 0.05) is 26.3 Å². The van der Waals surface area contributed by atoms with Crippen LogP contribution in [0.2, 0.25) is 0 Å². The molecule has 0 spiro atoms. The van der Waals surface area contributed by atoms with Gasteiger partial charge in [0.15, 0.2) is 11.5 Å². The number of sulfonamides is 1. The fraction of sp³-hybridized carbons (Fsp3) is 0.370. The monoisotopic (exact) mass is 528 g/mol. The Morgan fingerprint density at radius 3 is 2.51 bits per heavy atom. The zero-order valence-electron chi connectivity index (χ0n) is 21.1. The van der Waals surface area contributed by atoms with Gasteiger partial charge in [-0.25, -0.2) is 8.42 Å². The van der Waals surface area contributed by atoms with Crippen LogP contribution >= 0.6 is 0 Å². The van der Waals surface area contributed by atoms with E-state index in [-0.39, 0.29) is 43.8 Å². The lowest BCUT2D eigenvalue weighted by Gasteiger charge is -2.27. The van der Waals surface area contributed by atoms with Crippen LogP contribution in [0.5, 0.6) is 11.5 Å². The summed E-state index contributed by atoms with van der Waals surface area (Å²) < 4.78 is 50.2. The van der Waals surface area contributed by atoms with Crippen LogP contribution in [-0.4, -0.2) is 56.6 Å². The van der Waals surface area contributed by atoms with E-state index in [4.69, 9.17) is 18.6 Å². The molecule has 9 nitrogen and oxygen atoms in total. The van der Waals surface area contributed by atoms with Gasteiger partial charge in [-0.3, -0.25) is 4.79 Å². The van der Waals surface area contributed by atoms with Gasteiger partial charge in [0.05, 0.1) is 18.0 Å². The third kappa shape index (κ3) is 6.91. The van der Waals surface area contributed by atoms with Gasteiger partial charge in [-0.05, 0) is 62.2 Å². The zero-order valence-corrected chi connectivity index (χ0v) is 21.9. The number of carbonyl (C=O) groups is 1. The van der Waals surface area contributed by atoms with Crippen LogP contribution in [0.25, 0.3) is 0 Å². The van der Waals surface area contributed by atoms with Crippen LogP contribution in [0, 0.1) is 6.92 Å². The van der Waals surface area contributed by atoms with E-state index in [1.807, 2.05) is 38.1 Å². The highest BCUT2D eigenvalue weighted by atomic mass is 32.2. The molecule has 1 aliphatic heterocycles. The number of fused-ring (bicyclic) bond motifs is 1. The van der Waals surface area contributed by atoms with Crippen molar-refractivity contribution in [3.63, 3.8) is 0 Å². The van der Waals surface area contributed by atoms with Gasteiger partial charge in [0.2, 0.25) is 22.7 Å². The second-order valence-electron chi connectivity index (χ2n) is 8.65. The first-order chi connectivity index (χ1) is 17.9. The normalized spacial score (nSPS) is 12.7. The van der Waals surface area contributed by atoms with Gasteiger partial charge in [-0.15, -0.1) is 0 Å². The van der Waals surface area contributed by atoms with Crippen LogP contribution < -0.4 is 9.47 Å². The summed E-state index contributed by atoms with van der Waals surface area (Å²) in [5.74, 6) is 2.26. The van der Waals surface area contributed by atoms with E-state index < -0.39 is 10.0 Å². The molecule has 37 heavy (non-hydrogen) atoms. The van der Waals surface area contributed by atoms with Gasteiger partial charge in [0.1, 0.15) is 11.5 Å². The third-order valence-electron chi connectivity index (χ3n) is 5.90. The van der Waals surface area contributed by atoms with Crippen molar-refractivity contribution in [3.8, 4) is 11.5 Å². The van der Waals surface area contributed by atoms with Crippen molar-refractivity contribution in [1.29, 1.82) is 0 Å². The predicted molar refractivity (Wildman–Crippen MR) is 137 cm³/mol. The largest absolute Gasteiger partial charge is 0.464 e. The summed E-state index contributed by atoms with van der Waals surface area (Å²) in [5.41, 5.74) is 0.828. The molecule has 0 N–H and O–H groups in total. The Hall–Kier alpha value is -3.34. The average molecular weight is 529 g/mol. The first-order valence-electron chi connectivity index (χ1n) is 12.2. The predicted octanol–water partition coefficient (Wildman–Crippen LogP) is 3.96. The van der Waals surface area contributed by atoms with E-state index in [2.05, 4.69) is 0 Å². The molecule has 2 heterocycles. The lowest BCUT2D eigenvalue weighted by molar-refractivity contribution is -0.133. The summed E-state index contributed by atoms with van der Waals surface area (Å²) in [6.07, 6.45) is 0.465. The summed E-state index contributed by atoms with van der Waals surface area (Å²) >= 11 is 0. The Labute approximate surface area is 217 Å². The fourth-order valence-electron chi connectivity index (χ4n) is 4.01. The van der Waals surface area contributed by atoms with Crippen LogP contribution in [0.3, 0.4) is 0 Å². The number of nitrogens with zero attached hydrogens (tertiary/aromatic N) is 2. The number of benzene rings is 2. The van der Waals surface area contributed by atoms with Crippen molar-refractivity contribution < 1.29 is 31.8 Å². The van der Waals surface area contributed by atoms with Gasteiger partial charge in [0.25, 0.3) is 0 Å². The highest BCUT2D eigenvalue weighted by Gasteiger charge is 2.29. The molecular weight excluding hydrogens is 496 g/mol. The van der Waals surface area contributed by atoms with Gasteiger partial charge in [-0.1, -0.05) is 24.3 Å². The molecule has 0 atom stereocenters. The molecule has 1 aliphatic rings. The fourth-order valence-corrected chi connectivity index (χ4v) is 5.46. The van der Waals surface area contributed by atoms with Crippen LogP contribution in [0.4, 0.5) is 0 Å². The van der Waals surface area contributed by atoms with Gasteiger partial charge >= 0.3 is 0 Å². The third-order valence-corrected chi connectivity index (χ3v) is 7.76. The van der Waals surface area contributed by atoms with E-state index in [0.717, 1.165) is 11.3 Å². The molecule has 0 unspecified atom stereocenters. The maximum atomic E-state index is 13.7. The standard InChI is InChI=1S/C27H32N2O7S/c1-3-33-15-7-14-29(37(31,32)24-8-5-4-6-9-24)19-27(30)28(18-23-12-10-21(2)36-23)17-22-11-13-25-26(16-22)35-20-34-25/h4-6,8-13,16H,3,7,14-15,17-20H2,1-2H3. The molecule has 0 bridgehead atoms. The van der Waals surface area contributed by atoms with Crippen LogP contribution in [0.15, 0.2) is 70.0 Å². The molecule has 2 aromatic carbocycles. The molecule has 0 radical (unpaired) electrons. The highest BCUT2D eigenvalue weighted by molar-refractivity contribution is 7.89. The van der Waals surface area contributed by atoms with Gasteiger partial charge < -0.3 is 23.5 Å². The summed E-state index contributed by atoms with van der Waals surface area (Å²) in [4.78, 5) is 15.4. The highest BCUT2D eigenvalue weighted by Crippen LogP contribution is 2.33. The molecular formula is C27H32N2O7S. The lowest BCUT2D eigenvalue weighted by atomic mass is 10.2. The van der Waals surface area contributed by atoms with Crippen molar-refractivity contribution in [2.24, 2.45) is 0 Å². The number of carbonyl (C=O) groups excluding carboxylic acids is 1. The first kappa shape index (κ1) is 26.7. The number of amides is 1. The first-order valence-corrected chi connectivity index (χ1v) is 13.7. The second kappa shape index (κ2) is 12.3. The Bertz CT molecular complexity index is 1290. The van der Waals surface area contributed by atoms with Crippen molar-refractivity contribution in [2.45, 2.75) is 38.3 Å². The lowest BCUT2D eigenvalue weighted by Crippen LogP contribution is -2.43. The summed E-state index contributed by atoms with van der Waals surface area (Å²) in [6.45, 7) is 5.09. The van der Waals surface area contributed by atoms with Gasteiger partial charge in [-0.2, -0.15) is 4.31 Å². The smallest absolute Gasteiger partial charge is 0.243 e. The SMILES string of the molecule is CCOCCCN(CC(=O)N(Cc1ccc2c(c1)OCO2)Cc1ccc(C)o1)S(=O)(=O)c1ccccc1. The van der Waals surface area contributed by atoms with E-state index >= 15 is 0 Å². The average Bonchev–Trinajstić information content (AvgIpc) is 3.54. The molecule has 1 aromatic heterocycles. The zero-order chi connectivity index (χ0) is 26.3. The van der Waals surface area contributed by atoms with E-state index in [9.17, 15) is 13.2 Å². The maximum Gasteiger partial charge on any atom is 0.243 e. The summed E-state index contributed by atoms with van der Waals surface area (Å²) in [5, 5.41) is 0. The molecule has 0 fully saturated rings. The number of aryl methyl sites for hydroxylation is 1. The maximum absolute atomic E-state index is 13.7. The van der Waals surface area contributed by atoms with E-state index in [1.165, 1.54) is 16.4 Å². The minimum atomic E-state index is -3.90. The topological polar surface area (TPSA) is 98.5 Å². The molecule has 0 aliphatic carbocycles. The molecule has 0 saturated heterocycles. The number of furan rings is 1. The molecule has 0 saturated carbocycles. The van der Waals surface area contributed by atoms with Crippen molar-refractivity contribution in [3.05, 3.63) is 77.7 Å². The number of rotatable bonds is 13. The summed E-state index contributed by atoms with van der Waals surface area (Å²) in [7, 11) is -3.90. The number of ether oxygens (including phenoxy) is 3. The molecule has 4 rings (SSSR count). The summed E-state index contributed by atoms with van der Waals surface area (Å²) in [6, 6.07) is 17.3. The molecule has 3 aromatic rings. The van der Waals surface area contributed by atoms with Crippen molar-refractivity contribution >= 4 is 15.9 Å². The molecule has 10 heteroatoms. The van der Waals surface area contributed by atoms with Crippen LogP contribution in [-0.2, 0) is 32.6 Å². The van der Waals surface area contributed by atoms with E-state index in [0.29, 0.717) is 36.9 Å². The van der Waals surface area contributed by atoms with Crippen molar-refractivity contribution in [1.82, 2.24) is 9.21 Å². The van der Waals surface area contributed by atoms with E-state index in [1.54, 1.807) is 29.2 Å². The molecule has 198 valence electrons. The second-order valence-corrected chi connectivity index (χ2v) is 10.6. The molecule has 1 amide bonds. The Morgan fingerprint density at radius 2 is 1.78 bits per heavy atom. The minimum Gasteiger partial charge on any atom is -0.464 e. The Balaban J connectivity index is 1.57. The minimum absolute atomic E-state index is 0.142.